The minimum atomic E-state index is -0.895. The van der Waals surface area contributed by atoms with Crippen LogP contribution in [0.3, 0.4) is 0 Å². The third-order valence-electron chi connectivity index (χ3n) is 3.21. The fourth-order valence-electron chi connectivity index (χ4n) is 2.16. The van der Waals surface area contributed by atoms with E-state index in [4.69, 9.17) is 5.11 Å². The molecule has 1 heterocycles. The second-order valence-corrected chi connectivity index (χ2v) is 6.38. The molecule has 0 aromatic carbocycles. The molecule has 0 aromatic heterocycles. The van der Waals surface area contributed by atoms with Crippen LogP contribution in [0.25, 0.3) is 0 Å². The number of thioether (sulfide) groups is 1. The quantitative estimate of drug-likeness (QED) is 0.846. The van der Waals surface area contributed by atoms with Gasteiger partial charge in [0.2, 0.25) is 0 Å². The number of carboxylic acid groups (broad SMARTS) is 1. The van der Waals surface area contributed by atoms with Crippen molar-refractivity contribution >= 4 is 23.8 Å². The number of hydrogen-bond donors (Lipinski definition) is 1. The number of urea groups is 1. The highest BCUT2D eigenvalue weighted by Crippen LogP contribution is 2.31. The van der Waals surface area contributed by atoms with Crippen molar-refractivity contribution in [2.45, 2.75) is 38.8 Å². The van der Waals surface area contributed by atoms with Gasteiger partial charge < -0.3 is 14.9 Å². The average molecular weight is 272 g/mol. The minimum Gasteiger partial charge on any atom is -0.480 e. The van der Waals surface area contributed by atoms with Gasteiger partial charge in [0.1, 0.15) is 6.04 Å². The first kappa shape index (κ1) is 13.5. The minimum absolute atomic E-state index is 0.0939. The Labute approximate surface area is 112 Å². The molecule has 0 spiro atoms. The molecule has 0 aromatic rings. The van der Waals surface area contributed by atoms with Gasteiger partial charge in [-0.25, -0.2) is 9.59 Å². The number of rotatable bonds is 4. The molecule has 2 amide bonds. The molecule has 1 atom stereocenters. The van der Waals surface area contributed by atoms with Crippen LogP contribution in [0.1, 0.15) is 26.7 Å². The van der Waals surface area contributed by atoms with Gasteiger partial charge in [0, 0.05) is 18.3 Å². The maximum atomic E-state index is 12.5. The molecule has 0 unspecified atom stereocenters. The number of amides is 2. The summed E-state index contributed by atoms with van der Waals surface area (Å²) in [4.78, 5) is 26.9. The van der Waals surface area contributed by atoms with Gasteiger partial charge in [-0.15, -0.1) is 11.8 Å². The van der Waals surface area contributed by atoms with Crippen LogP contribution in [0.15, 0.2) is 0 Å². The topological polar surface area (TPSA) is 60.9 Å². The summed E-state index contributed by atoms with van der Waals surface area (Å²) in [6.07, 6.45) is 2.11. The van der Waals surface area contributed by atoms with Crippen molar-refractivity contribution in [2.24, 2.45) is 5.92 Å². The number of carbonyl (C=O) groups excluding carboxylic acids is 1. The Kier molecular flexibility index (Phi) is 4.04. The van der Waals surface area contributed by atoms with Crippen molar-refractivity contribution in [1.82, 2.24) is 9.80 Å². The number of carboxylic acids is 1. The van der Waals surface area contributed by atoms with Crippen LogP contribution in [0.2, 0.25) is 0 Å². The van der Waals surface area contributed by atoms with Crippen molar-refractivity contribution in [3.05, 3.63) is 0 Å². The van der Waals surface area contributed by atoms with Crippen LogP contribution < -0.4 is 0 Å². The van der Waals surface area contributed by atoms with E-state index in [2.05, 4.69) is 13.8 Å². The standard InChI is InChI=1S/C12H20N2O3S/c1-8(2)5-13(9-3-4-9)12(17)14-7-18-6-10(14)11(15)16/h8-10H,3-7H2,1-2H3,(H,15,16)/t10-/m0/s1. The number of nitrogens with zero attached hydrogens (tertiary/aromatic N) is 2. The Morgan fingerprint density at radius 3 is 2.61 bits per heavy atom. The molecule has 1 aliphatic carbocycles. The maximum absolute atomic E-state index is 12.5. The van der Waals surface area contributed by atoms with Gasteiger partial charge in [-0.3, -0.25) is 0 Å². The van der Waals surface area contributed by atoms with E-state index in [0.717, 1.165) is 19.4 Å². The van der Waals surface area contributed by atoms with E-state index in [1.54, 1.807) is 0 Å². The van der Waals surface area contributed by atoms with Gasteiger partial charge in [-0.05, 0) is 18.8 Å². The molecule has 1 aliphatic heterocycles. The second kappa shape index (κ2) is 5.38. The SMILES string of the molecule is CC(C)CN(C(=O)N1CSC[C@H]1C(=O)O)C1CC1. The smallest absolute Gasteiger partial charge is 0.327 e. The summed E-state index contributed by atoms with van der Waals surface area (Å²) in [5, 5.41) is 9.12. The van der Waals surface area contributed by atoms with Crippen LogP contribution >= 0.6 is 11.8 Å². The monoisotopic (exact) mass is 272 g/mol. The predicted molar refractivity (Wildman–Crippen MR) is 70.5 cm³/mol. The van der Waals surface area contributed by atoms with E-state index < -0.39 is 12.0 Å². The van der Waals surface area contributed by atoms with Gasteiger partial charge in [-0.2, -0.15) is 0 Å². The number of carbonyl (C=O) groups is 2. The summed E-state index contributed by atoms with van der Waals surface area (Å²) >= 11 is 1.51. The molecule has 6 heteroatoms. The van der Waals surface area contributed by atoms with Gasteiger partial charge in [0.05, 0.1) is 5.88 Å². The summed E-state index contributed by atoms with van der Waals surface area (Å²) in [5.74, 6) is 0.514. The molecule has 0 radical (unpaired) electrons. The zero-order valence-corrected chi connectivity index (χ0v) is 11.7. The molecule has 102 valence electrons. The highest BCUT2D eigenvalue weighted by Gasteiger charge is 2.41. The highest BCUT2D eigenvalue weighted by atomic mass is 32.2. The summed E-state index contributed by atoms with van der Waals surface area (Å²) < 4.78 is 0. The van der Waals surface area contributed by atoms with Crippen LogP contribution in [0, 0.1) is 5.92 Å². The number of aliphatic carboxylic acids is 1. The summed E-state index contributed by atoms with van der Waals surface area (Å²) in [6, 6.07) is -0.417. The fraction of sp³-hybridized carbons (Fsp3) is 0.833. The molecular weight excluding hydrogens is 252 g/mol. The van der Waals surface area contributed by atoms with Crippen molar-refractivity contribution < 1.29 is 14.7 Å². The van der Waals surface area contributed by atoms with Gasteiger partial charge in [0.15, 0.2) is 0 Å². The lowest BCUT2D eigenvalue weighted by atomic mass is 10.2. The molecule has 5 nitrogen and oxygen atoms in total. The zero-order chi connectivity index (χ0) is 13.3. The first-order valence-corrected chi connectivity index (χ1v) is 7.54. The van der Waals surface area contributed by atoms with Crippen LogP contribution in [0.4, 0.5) is 4.79 Å². The van der Waals surface area contributed by atoms with Crippen LogP contribution in [-0.2, 0) is 4.79 Å². The summed E-state index contributed by atoms with van der Waals surface area (Å²) in [6.45, 7) is 4.88. The van der Waals surface area contributed by atoms with Crippen molar-refractivity contribution in [3.63, 3.8) is 0 Å². The molecular formula is C12H20N2O3S. The Hall–Kier alpha value is -0.910. The first-order valence-electron chi connectivity index (χ1n) is 6.38. The largest absolute Gasteiger partial charge is 0.480 e. The number of hydrogen-bond acceptors (Lipinski definition) is 3. The molecule has 1 saturated carbocycles. The molecule has 2 aliphatic rings. The lowest BCUT2D eigenvalue weighted by Crippen LogP contribution is -2.50. The fourth-order valence-corrected chi connectivity index (χ4v) is 3.30. The van der Waals surface area contributed by atoms with Crippen LogP contribution in [-0.4, -0.2) is 57.2 Å². The molecule has 1 N–H and O–H groups in total. The molecule has 2 rings (SSSR count). The Morgan fingerprint density at radius 2 is 2.11 bits per heavy atom. The Bertz CT molecular complexity index is 344. The van der Waals surface area contributed by atoms with E-state index in [-0.39, 0.29) is 6.03 Å². The molecule has 1 saturated heterocycles. The lowest BCUT2D eigenvalue weighted by Gasteiger charge is -2.31. The van der Waals surface area contributed by atoms with Crippen molar-refractivity contribution in [3.8, 4) is 0 Å². The molecule has 2 fully saturated rings. The molecule has 0 bridgehead atoms. The lowest BCUT2D eigenvalue weighted by molar-refractivity contribution is -0.141. The van der Waals surface area contributed by atoms with E-state index in [1.165, 1.54) is 16.7 Å². The Morgan fingerprint density at radius 1 is 1.44 bits per heavy atom. The van der Waals surface area contributed by atoms with Gasteiger partial charge >= 0.3 is 12.0 Å². The van der Waals surface area contributed by atoms with E-state index in [9.17, 15) is 9.59 Å². The summed E-state index contributed by atoms with van der Waals surface area (Å²) in [5.41, 5.74) is 0. The van der Waals surface area contributed by atoms with Crippen molar-refractivity contribution in [1.29, 1.82) is 0 Å². The van der Waals surface area contributed by atoms with E-state index in [0.29, 0.717) is 23.6 Å². The van der Waals surface area contributed by atoms with Gasteiger partial charge in [0.25, 0.3) is 0 Å². The second-order valence-electron chi connectivity index (χ2n) is 5.38. The summed E-state index contributed by atoms with van der Waals surface area (Å²) in [7, 11) is 0. The molecule has 18 heavy (non-hydrogen) atoms. The van der Waals surface area contributed by atoms with E-state index >= 15 is 0 Å². The van der Waals surface area contributed by atoms with Crippen molar-refractivity contribution in [2.75, 3.05) is 18.2 Å². The average Bonchev–Trinajstić information content (AvgIpc) is 3.00. The highest BCUT2D eigenvalue weighted by molar-refractivity contribution is 7.99. The van der Waals surface area contributed by atoms with E-state index in [1.807, 2.05) is 4.90 Å². The first-order chi connectivity index (χ1) is 8.50. The van der Waals surface area contributed by atoms with Crippen LogP contribution in [0.5, 0.6) is 0 Å². The predicted octanol–water partition coefficient (Wildman–Crippen LogP) is 1.69. The third-order valence-corrected chi connectivity index (χ3v) is 4.22. The zero-order valence-electron chi connectivity index (χ0n) is 10.8. The van der Waals surface area contributed by atoms with Gasteiger partial charge in [-0.1, -0.05) is 13.8 Å². The normalized spacial score (nSPS) is 23.5. The Balaban J connectivity index is 2.05. The third kappa shape index (κ3) is 2.91. The maximum Gasteiger partial charge on any atom is 0.327 e.